The van der Waals surface area contributed by atoms with Crippen molar-refractivity contribution in [2.75, 3.05) is 40.9 Å². The molecular formula is C70H80B2BrN15O4. The molecule has 2 aliphatic heterocycles. The van der Waals surface area contributed by atoms with Crippen LogP contribution in [0.3, 0.4) is 0 Å². The van der Waals surface area contributed by atoms with Crippen molar-refractivity contribution in [2.24, 2.45) is 0 Å². The molecule has 0 radical (unpaired) electrons. The lowest BCUT2D eigenvalue weighted by atomic mass is 9.80. The van der Waals surface area contributed by atoms with E-state index in [2.05, 4.69) is 154 Å². The molecule has 0 atom stereocenters. The Kier molecular flexibility index (Phi) is 20.5. The highest BCUT2D eigenvalue weighted by Gasteiger charge is 2.53. The topological polar surface area (TPSA) is 252 Å². The van der Waals surface area contributed by atoms with Gasteiger partial charge in [0.2, 0.25) is 0 Å². The molecule has 3 aromatic carbocycles. The number of aryl methyl sites for hydroxylation is 4. The Morgan fingerprint density at radius 1 is 0.457 bits per heavy atom. The zero-order chi connectivity index (χ0) is 65.2. The third-order valence-electron chi connectivity index (χ3n) is 17.0. The Morgan fingerprint density at radius 2 is 0.880 bits per heavy atom. The highest BCUT2D eigenvalue weighted by Crippen LogP contribution is 2.40. The van der Waals surface area contributed by atoms with E-state index in [1.54, 1.807) is 30.9 Å². The van der Waals surface area contributed by atoms with Crippen LogP contribution in [0.1, 0.15) is 79.5 Å². The second-order valence-electron chi connectivity index (χ2n) is 24.9. The summed E-state index contributed by atoms with van der Waals surface area (Å²) in [6, 6.07) is 36.4. The standard InChI is InChI=1S/C27H26N6.C20H19BrN6.C12H18BNO2.C11H17BN2O2/c1-19-3-5-20(6-4-19)21-7-9-25-23(15-21)27(30-11-2-13-33-14-12-29-18-33)24(17-31-25)22-8-10-26(28)32-16-22;21-15-3-4-18-16(10-15)20(24-6-1-8-27-9-7-23-13-27)17(12-25-18)14-2-5-19(22)26-11-14;1-9-6-7-10(8-14-9)13-15-11(2,3)12(4,5)16-13;1-10(2)11(3,4)16-12(15-10)8-5-6-9(13)14-7-8/h3-10,12,14-18H,2,11,13H2,1H3,(H2,28,32)(H,30,31);2-5,7,9-13H,1,6,8H2,(H2,22,26)(H,24,25);6-8H,1-5H3;5-7H,1-4H3,(H2,13,14). The van der Waals surface area contributed by atoms with Gasteiger partial charge in [0.1, 0.15) is 17.5 Å². The number of nitrogens with two attached hydrogens (primary N) is 3. The van der Waals surface area contributed by atoms with Gasteiger partial charge in [-0.3, -0.25) is 15.0 Å². The summed E-state index contributed by atoms with van der Waals surface area (Å²) in [5, 5.41) is 9.45. The van der Waals surface area contributed by atoms with Crippen molar-refractivity contribution >= 4 is 91.7 Å². The third-order valence-corrected chi connectivity index (χ3v) is 17.5. The molecule has 2 saturated heterocycles. The molecule has 2 fully saturated rings. The summed E-state index contributed by atoms with van der Waals surface area (Å²) in [7, 11) is -0.670. The molecule has 0 amide bonds. The lowest BCUT2D eigenvalue weighted by Gasteiger charge is -2.32. The fraction of sp³-hybridized carbons (Fsp3) is 0.286. The second-order valence-corrected chi connectivity index (χ2v) is 25.8. The predicted molar refractivity (Wildman–Crippen MR) is 376 cm³/mol. The van der Waals surface area contributed by atoms with Crippen LogP contribution in [0, 0.1) is 13.8 Å². The van der Waals surface area contributed by atoms with Crippen LogP contribution < -0.4 is 38.8 Å². The van der Waals surface area contributed by atoms with Crippen LogP contribution in [-0.4, -0.2) is 98.7 Å². The normalized spacial score (nSPS) is 15.0. The SMILES string of the molecule is CC1(C)OB(c2ccc(N)nc2)OC1(C)C.Cc1ccc(-c2ccc3ncc(-c4ccc(N)nc4)c(NCCCn4ccnc4)c3c2)cc1.Cc1ccc(B2OC(C)(C)C(C)(C)O2)cn1.Nc1ccc(-c2cnc3ccc(Br)cc3c2NCCCn2ccnc2)cn1. The maximum absolute atomic E-state index is 5.93. The van der Waals surface area contributed by atoms with Gasteiger partial charge >= 0.3 is 14.2 Å². The first-order valence-electron chi connectivity index (χ1n) is 30.8. The highest BCUT2D eigenvalue weighted by atomic mass is 79.9. The van der Waals surface area contributed by atoms with E-state index in [1.807, 2.05) is 139 Å². The molecule has 0 unspecified atom stereocenters. The number of aromatic nitrogens is 10. The molecular weight excluding hydrogens is 1220 g/mol. The van der Waals surface area contributed by atoms with E-state index >= 15 is 0 Å². The highest BCUT2D eigenvalue weighted by molar-refractivity contribution is 9.10. The molecule has 10 heterocycles. The van der Waals surface area contributed by atoms with E-state index in [4.69, 9.17) is 40.8 Å². The molecule has 8 N–H and O–H groups in total. The number of nitrogen functional groups attached to an aromatic ring is 3. The van der Waals surface area contributed by atoms with Crippen molar-refractivity contribution in [3.05, 3.63) is 200 Å². The van der Waals surface area contributed by atoms with Crippen molar-refractivity contribution < 1.29 is 18.6 Å². The number of fused-ring (bicyclic) bond motifs is 2. The molecule has 472 valence electrons. The van der Waals surface area contributed by atoms with E-state index < -0.39 is 0 Å². The van der Waals surface area contributed by atoms with Gasteiger partial charge in [-0.25, -0.2) is 24.9 Å². The van der Waals surface area contributed by atoms with Gasteiger partial charge in [0.15, 0.2) is 0 Å². The van der Waals surface area contributed by atoms with Gasteiger partial charge in [0.25, 0.3) is 0 Å². The maximum atomic E-state index is 5.93. The molecule has 2 aliphatic rings. The number of halogens is 1. The number of nitrogens with zero attached hydrogens (tertiary/aromatic N) is 10. The smallest absolute Gasteiger partial charge is 0.399 e. The quantitative estimate of drug-likeness (QED) is 0.0472. The fourth-order valence-electron chi connectivity index (χ4n) is 10.2. The Balaban J connectivity index is 0.000000141. The number of nitrogens with one attached hydrogen (secondary N) is 2. The molecule has 92 heavy (non-hydrogen) atoms. The number of pyridine rings is 6. The van der Waals surface area contributed by atoms with Crippen molar-refractivity contribution in [1.82, 2.24) is 49.0 Å². The van der Waals surface area contributed by atoms with Gasteiger partial charge in [-0.15, -0.1) is 0 Å². The number of hydrogen-bond donors (Lipinski definition) is 5. The molecule has 19 nitrogen and oxygen atoms in total. The summed E-state index contributed by atoms with van der Waals surface area (Å²) < 4.78 is 28.8. The van der Waals surface area contributed by atoms with E-state index in [1.165, 1.54) is 16.7 Å². The van der Waals surface area contributed by atoms with Crippen LogP contribution in [-0.2, 0) is 31.7 Å². The van der Waals surface area contributed by atoms with Crippen molar-refractivity contribution in [3.63, 3.8) is 0 Å². The van der Waals surface area contributed by atoms with Gasteiger partial charge < -0.3 is 55.6 Å². The van der Waals surface area contributed by atoms with Crippen LogP contribution in [0.5, 0.6) is 0 Å². The molecule has 11 aromatic rings. The maximum Gasteiger partial charge on any atom is 0.496 e. The minimum Gasteiger partial charge on any atom is -0.399 e. The van der Waals surface area contributed by atoms with Crippen LogP contribution in [0.15, 0.2) is 188 Å². The zero-order valence-electron chi connectivity index (χ0n) is 53.9. The van der Waals surface area contributed by atoms with Gasteiger partial charge in [-0.2, -0.15) is 0 Å². The lowest BCUT2D eigenvalue weighted by Crippen LogP contribution is -2.41. The minimum atomic E-state index is -0.363. The predicted octanol–water partition coefficient (Wildman–Crippen LogP) is 12.5. The van der Waals surface area contributed by atoms with Crippen molar-refractivity contribution in [3.8, 4) is 33.4 Å². The number of hydrogen-bond acceptors (Lipinski definition) is 17. The second kappa shape index (κ2) is 28.6. The van der Waals surface area contributed by atoms with Gasteiger partial charge in [-0.1, -0.05) is 64.0 Å². The summed E-state index contributed by atoms with van der Waals surface area (Å²) in [4.78, 5) is 34.4. The van der Waals surface area contributed by atoms with Gasteiger partial charge in [0, 0.05) is 142 Å². The molecule has 0 aliphatic carbocycles. The van der Waals surface area contributed by atoms with Gasteiger partial charge in [-0.05, 0) is 160 Å². The monoisotopic (exact) mass is 1300 g/mol. The van der Waals surface area contributed by atoms with Crippen molar-refractivity contribution in [2.45, 2.75) is 118 Å². The Labute approximate surface area is 547 Å². The van der Waals surface area contributed by atoms with Crippen LogP contribution >= 0.6 is 15.9 Å². The van der Waals surface area contributed by atoms with Crippen molar-refractivity contribution in [1.29, 1.82) is 0 Å². The number of benzene rings is 3. The third kappa shape index (κ3) is 16.2. The summed E-state index contributed by atoms with van der Waals surface area (Å²) >= 11 is 3.57. The first-order valence-corrected chi connectivity index (χ1v) is 31.6. The number of imidazole rings is 2. The summed E-state index contributed by atoms with van der Waals surface area (Å²) in [5.41, 5.74) is 30.4. The van der Waals surface area contributed by atoms with E-state index in [9.17, 15) is 0 Å². The zero-order valence-corrected chi connectivity index (χ0v) is 55.5. The average molecular weight is 1300 g/mol. The molecule has 13 rings (SSSR count). The number of anilines is 5. The van der Waals surface area contributed by atoms with Crippen LogP contribution in [0.2, 0.25) is 0 Å². The Morgan fingerprint density at radius 3 is 1.30 bits per heavy atom. The minimum absolute atomic E-state index is 0.289. The molecule has 0 bridgehead atoms. The first-order chi connectivity index (χ1) is 44.0. The molecule has 0 spiro atoms. The fourth-order valence-corrected chi connectivity index (χ4v) is 10.5. The van der Waals surface area contributed by atoms with Gasteiger partial charge in [0.05, 0.1) is 57.5 Å². The van der Waals surface area contributed by atoms with E-state index in [0.717, 1.165) is 116 Å². The lowest BCUT2D eigenvalue weighted by molar-refractivity contribution is 0.00578. The Hall–Kier alpha value is -9.05. The summed E-state index contributed by atoms with van der Waals surface area (Å²) in [5.74, 6) is 1.51. The molecule has 0 saturated carbocycles. The largest absolute Gasteiger partial charge is 0.496 e. The molecule has 22 heteroatoms. The summed E-state index contributed by atoms with van der Waals surface area (Å²) in [6.45, 7) is 23.8. The molecule has 8 aromatic heterocycles. The van der Waals surface area contributed by atoms with Crippen LogP contribution in [0.4, 0.5) is 28.8 Å². The first kappa shape index (κ1) is 65.9. The van der Waals surface area contributed by atoms with E-state index in [-0.39, 0.29) is 36.6 Å². The summed E-state index contributed by atoms with van der Waals surface area (Å²) in [6.07, 6.45) is 24.1. The average Bonchev–Trinajstić information content (AvgIpc) is 2.01. The van der Waals surface area contributed by atoms with Crippen LogP contribution in [0.25, 0.3) is 55.2 Å². The Bertz CT molecular complexity index is 4090. The number of rotatable bonds is 15. The van der Waals surface area contributed by atoms with E-state index in [0.29, 0.717) is 17.5 Å².